The standard InChI is InChI=1S/C22H44O6Si3.C18H40O8Si3/c1-23-31(24-2,27-29(3,4)13-11-17-7-9-19-21(15-17)25-19)28-30(5,6)14-12-18-8-10-20-22(16-18)26-20;1-19-29(20-2,25-27(3,4)11-7-9-21-13-17-15-23-17)26-28(5,6)12-8-10-22-14-18-16-24-18/h17-22H,7-16H2,1-6H3;17-18H,7-16H2,1-6H3. The Morgan fingerprint density at radius 1 is 0.450 bits per heavy atom. The van der Waals surface area contributed by atoms with Gasteiger partial charge in [0.25, 0.3) is 0 Å². The van der Waals surface area contributed by atoms with E-state index in [1.165, 1.54) is 51.4 Å². The molecule has 8 unspecified atom stereocenters. The van der Waals surface area contributed by atoms with Gasteiger partial charge in [0.15, 0.2) is 33.3 Å². The quantitative estimate of drug-likeness (QED) is 0.0392. The zero-order valence-electron chi connectivity index (χ0n) is 39.5. The van der Waals surface area contributed by atoms with Gasteiger partial charge in [-0.1, -0.05) is 12.8 Å². The van der Waals surface area contributed by atoms with E-state index in [0.29, 0.717) is 49.8 Å². The van der Waals surface area contributed by atoms with E-state index in [9.17, 15) is 0 Å². The van der Waals surface area contributed by atoms with E-state index in [2.05, 4.69) is 52.4 Å². The number of epoxide rings is 4. The van der Waals surface area contributed by atoms with Crippen molar-refractivity contribution in [1.82, 2.24) is 0 Å². The smallest absolute Gasteiger partial charge is 0.395 e. The van der Waals surface area contributed by atoms with Gasteiger partial charge in [0.1, 0.15) is 12.2 Å². The minimum Gasteiger partial charge on any atom is -0.395 e. The van der Waals surface area contributed by atoms with Gasteiger partial charge >= 0.3 is 18.1 Å². The molecule has 0 aromatic heterocycles. The molecule has 20 heteroatoms. The second-order valence-electron chi connectivity index (χ2n) is 20.4. The summed E-state index contributed by atoms with van der Waals surface area (Å²) in [6.07, 6.45) is 14.8. The van der Waals surface area contributed by atoms with Gasteiger partial charge in [-0.15, -0.1) is 0 Å². The molecule has 8 atom stereocenters. The molecule has 0 aromatic carbocycles. The maximum absolute atomic E-state index is 6.70. The van der Waals surface area contributed by atoms with Crippen LogP contribution >= 0.6 is 0 Å². The van der Waals surface area contributed by atoms with Gasteiger partial charge < -0.3 is 62.6 Å². The van der Waals surface area contributed by atoms with E-state index in [4.69, 9.17) is 62.6 Å². The number of rotatable bonds is 30. The van der Waals surface area contributed by atoms with Crippen LogP contribution in [0.4, 0.5) is 0 Å². The van der Waals surface area contributed by atoms with Crippen LogP contribution in [-0.2, 0) is 62.6 Å². The van der Waals surface area contributed by atoms with Crippen molar-refractivity contribution in [3.63, 3.8) is 0 Å². The van der Waals surface area contributed by atoms with E-state index in [-0.39, 0.29) is 0 Å². The Kier molecular flexibility index (Phi) is 19.8. The lowest BCUT2D eigenvalue weighted by Crippen LogP contribution is -2.59. The van der Waals surface area contributed by atoms with Crippen LogP contribution in [0.1, 0.15) is 64.2 Å². The first-order valence-electron chi connectivity index (χ1n) is 23.0. The summed E-state index contributed by atoms with van der Waals surface area (Å²) < 4.78 is 82.7. The first-order chi connectivity index (χ1) is 28.3. The molecular weight excluding hydrogens is 873 g/mol. The number of hydrogen-bond acceptors (Lipinski definition) is 14. The molecule has 2 saturated carbocycles. The molecule has 352 valence electrons. The van der Waals surface area contributed by atoms with Crippen molar-refractivity contribution in [2.75, 3.05) is 68.1 Å². The fraction of sp³-hybridized carbons (Fsp3) is 1.00. The predicted molar refractivity (Wildman–Crippen MR) is 245 cm³/mol. The fourth-order valence-corrected chi connectivity index (χ4v) is 29.4. The maximum Gasteiger partial charge on any atom is 0.657 e. The SMILES string of the molecule is CO[Si](OC)(O[Si](C)(C)CCC1CCC2OC2C1)O[Si](C)(C)CCC1CCC2OC2C1.CO[Si](OC)(O[Si](C)(C)CCCOCC1CO1)O[Si](C)(C)CCCOCC1CO1. The monoisotopic (exact) mass is 956 g/mol. The summed E-state index contributed by atoms with van der Waals surface area (Å²) in [4.78, 5) is 0. The van der Waals surface area contributed by atoms with Crippen molar-refractivity contribution in [2.45, 2.75) is 177 Å². The van der Waals surface area contributed by atoms with Crippen LogP contribution in [0.15, 0.2) is 0 Å². The molecule has 0 amide bonds. The number of ether oxygens (including phenoxy) is 6. The highest BCUT2D eigenvalue weighted by Crippen LogP contribution is 2.43. The van der Waals surface area contributed by atoms with Gasteiger partial charge in [-0.25, -0.2) is 0 Å². The molecule has 60 heavy (non-hydrogen) atoms. The topological polar surface area (TPSA) is 142 Å². The zero-order valence-corrected chi connectivity index (χ0v) is 45.5. The molecule has 0 bridgehead atoms. The van der Waals surface area contributed by atoms with Crippen LogP contribution in [0.3, 0.4) is 0 Å². The van der Waals surface area contributed by atoms with Crippen LogP contribution in [-0.4, -0.2) is 156 Å². The lowest BCUT2D eigenvalue weighted by molar-refractivity contribution is 0.0735. The zero-order chi connectivity index (χ0) is 43.7. The Morgan fingerprint density at radius 2 is 0.783 bits per heavy atom. The third-order valence-electron chi connectivity index (χ3n) is 12.7. The summed E-state index contributed by atoms with van der Waals surface area (Å²) in [5.41, 5.74) is 0. The normalized spacial score (nSPS) is 29.0. The first kappa shape index (κ1) is 51.7. The highest BCUT2D eigenvalue weighted by Gasteiger charge is 2.54. The van der Waals surface area contributed by atoms with Crippen LogP contribution in [0, 0.1) is 11.8 Å². The Balaban J connectivity index is 0.000000228. The van der Waals surface area contributed by atoms with E-state index in [0.717, 1.165) is 75.3 Å². The summed E-state index contributed by atoms with van der Waals surface area (Å²) in [6, 6.07) is 4.16. The lowest BCUT2D eigenvalue weighted by Gasteiger charge is -2.39. The van der Waals surface area contributed by atoms with Crippen molar-refractivity contribution in [3.05, 3.63) is 0 Å². The Bertz CT molecular complexity index is 1180. The van der Waals surface area contributed by atoms with Gasteiger partial charge in [-0.2, -0.15) is 0 Å². The molecule has 6 rings (SSSR count). The van der Waals surface area contributed by atoms with Crippen LogP contribution < -0.4 is 0 Å². The molecule has 0 radical (unpaired) electrons. The van der Waals surface area contributed by atoms with Crippen LogP contribution in [0.25, 0.3) is 0 Å². The van der Waals surface area contributed by atoms with Gasteiger partial charge in [0.05, 0.1) is 50.8 Å². The molecule has 14 nitrogen and oxygen atoms in total. The average molecular weight is 958 g/mol. The second kappa shape index (κ2) is 23.0. The molecule has 0 spiro atoms. The minimum atomic E-state index is -3.17. The van der Waals surface area contributed by atoms with E-state index in [1.807, 2.05) is 0 Å². The van der Waals surface area contributed by atoms with Gasteiger partial charge in [-0.05, 0) is 140 Å². The van der Waals surface area contributed by atoms with E-state index >= 15 is 0 Å². The summed E-state index contributed by atoms with van der Waals surface area (Å²) in [7, 11) is -7.67. The highest BCUT2D eigenvalue weighted by atomic mass is 28.5. The maximum atomic E-state index is 6.70. The van der Waals surface area contributed by atoms with Crippen molar-refractivity contribution in [2.24, 2.45) is 11.8 Å². The summed E-state index contributed by atoms with van der Waals surface area (Å²) >= 11 is 0. The van der Waals surface area contributed by atoms with Crippen molar-refractivity contribution >= 4 is 51.4 Å². The highest BCUT2D eigenvalue weighted by molar-refractivity contribution is 6.85. The van der Waals surface area contributed by atoms with Crippen molar-refractivity contribution in [3.8, 4) is 0 Å². The molecule has 0 aromatic rings. The summed E-state index contributed by atoms with van der Waals surface area (Å²) in [6.45, 7) is 22.4. The largest absolute Gasteiger partial charge is 0.657 e. The van der Waals surface area contributed by atoms with E-state index < -0.39 is 51.4 Å². The minimum absolute atomic E-state index is 0.312. The third kappa shape index (κ3) is 18.6. The average Bonchev–Trinajstić information content (AvgIpc) is 3.98. The van der Waals surface area contributed by atoms with E-state index in [1.54, 1.807) is 28.4 Å². The van der Waals surface area contributed by atoms with Gasteiger partial charge in [0.2, 0.25) is 0 Å². The molecule has 4 heterocycles. The molecule has 2 aliphatic carbocycles. The molecule has 6 fully saturated rings. The van der Waals surface area contributed by atoms with Gasteiger partial charge in [-0.3, -0.25) is 0 Å². The molecule has 0 N–H and O–H groups in total. The Labute approximate surface area is 369 Å². The number of hydrogen-bond donors (Lipinski definition) is 0. The van der Waals surface area contributed by atoms with Crippen LogP contribution in [0.5, 0.6) is 0 Å². The Morgan fingerprint density at radius 3 is 1.08 bits per heavy atom. The molecule has 6 aliphatic rings. The van der Waals surface area contributed by atoms with Gasteiger partial charge in [0, 0.05) is 41.7 Å². The second-order valence-corrected chi connectivity index (χ2v) is 43.4. The van der Waals surface area contributed by atoms with Crippen molar-refractivity contribution < 1.29 is 62.6 Å². The molecular formula is C40H84O14Si6. The first-order valence-corrected chi connectivity index (χ1v) is 38.8. The molecule has 4 aliphatic heterocycles. The summed E-state index contributed by atoms with van der Waals surface area (Å²) in [5, 5.41) is 0. The Hall–Kier alpha value is 0.741. The summed E-state index contributed by atoms with van der Waals surface area (Å²) in [5.74, 6) is 1.55. The fourth-order valence-electron chi connectivity index (χ4n) is 8.66. The van der Waals surface area contributed by atoms with Crippen molar-refractivity contribution in [1.29, 1.82) is 0 Å². The third-order valence-corrected chi connectivity index (χ3v) is 33.6. The molecule has 4 saturated heterocycles. The lowest BCUT2D eigenvalue weighted by atomic mass is 9.88. The number of fused-ring (bicyclic) bond motifs is 2. The van der Waals surface area contributed by atoms with Crippen LogP contribution in [0.2, 0.25) is 76.6 Å². The predicted octanol–water partition coefficient (Wildman–Crippen LogP) is 7.84.